The molecule has 1 amide bonds. The SMILES string of the molecule is COC(=O)c1cccc(N(C)c2nccc(-c3ccc4c(c3)N(CCNCCO)C(=O)CO4)n2)c1. The first kappa shape index (κ1) is 24.1. The highest BCUT2D eigenvalue weighted by Crippen LogP contribution is 2.36. The van der Waals surface area contributed by atoms with Crippen LogP contribution in [-0.2, 0) is 9.53 Å². The van der Waals surface area contributed by atoms with Gasteiger partial charge in [0.05, 0.1) is 30.7 Å². The second-order valence-corrected chi connectivity index (χ2v) is 7.83. The molecule has 1 aromatic heterocycles. The lowest BCUT2D eigenvalue weighted by molar-refractivity contribution is -0.121. The molecule has 10 heteroatoms. The highest BCUT2D eigenvalue weighted by atomic mass is 16.5. The summed E-state index contributed by atoms with van der Waals surface area (Å²) in [6.07, 6.45) is 1.66. The molecular formula is C25H27N5O5. The number of methoxy groups -OCH3 is 1. The molecule has 0 radical (unpaired) electrons. The smallest absolute Gasteiger partial charge is 0.337 e. The fourth-order valence-corrected chi connectivity index (χ4v) is 3.75. The van der Waals surface area contributed by atoms with E-state index in [0.29, 0.717) is 48.3 Å². The number of carbonyl (C=O) groups is 2. The van der Waals surface area contributed by atoms with E-state index >= 15 is 0 Å². The fourth-order valence-electron chi connectivity index (χ4n) is 3.75. The lowest BCUT2D eigenvalue weighted by Gasteiger charge is -2.30. The molecule has 1 aliphatic heterocycles. The van der Waals surface area contributed by atoms with Crippen LogP contribution in [0, 0.1) is 0 Å². The van der Waals surface area contributed by atoms with Gasteiger partial charge in [0.25, 0.3) is 5.91 Å². The number of esters is 1. The zero-order valence-electron chi connectivity index (χ0n) is 19.6. The van der Waals surface area contributed by atoms with E-state index in [1.165, 1.54) is 7.11 Å². The normalized spacial score (nSPS) is 12.7. The molecule has 0 spiro atoms. The second-order valence-electron chi connectivity index (χ2n) is 7.83. The van der Waals surface area contributed by atoms with Crippen molar-refractivity contribution in [3.05, 3.63) is 60.3 Å². The van der Waals surface area contributed by atoms with Crippen molar-refractivity contribution in [3.8, 4) is 17.0 Å². The van der Waals surface area contributed by atoms with Gasteiger partial charge >= 0.3 is 5.97 Å². The summed E-state index contributed by atoms with van der Waals surface area (Å²) in [5.41, 5.74) is 3.31. The van der Waals surface area contributed by atoms with Crippen LogP contribution in [0.15, 0.2) is 54.7 Å². The predicted molar refractivity (Wildman–Crippen MR) is 131 cm³/mol. The van der Waals surface area contributed by atoms with Gasteiger partial charge in [-0.2, -0.15) is 0 Å². The molecule has 2 aromatic carbocycles. The molecule has 0 unspecified atom stereocenters. The van der Waals surface area contributed by atoms with Gasteiger partial charge in [0, 0.05) is 44.1 Å². The summed E-state index contributed by atoms with van der Waals surface area (Å²) in [7, 11) is 3.16. The van der Waals surface area contributed by atoms with Crippen LogP contribution in [0.1, 0.15) is 10.4 Å². The van der Waals surface area contributed by atoms with Crippen LogP contribution in [0.2, 0.25) is 0 Å². The van der Waals surface area contributed by atoms with Gasteiger partial charge in [-0.05, 0) is 42.5 Å². The number of ether oxygens (including phenoxy) is 2. The van der Waals surface area contributed by atoms with E-state index in [1.54, 1.807) is 40.3 Å². The third kappa shape index (κ3) is 5.39. The van der Waals surface area contributed by atoms with E-state index in [9.17, 15) is 9.59 Å². The monoisotopic (exact) mass is 477 g/mol. The Morgan fingerprint density at radius 3 is 2.89 bits per heavy atom. The summed E-state index contributed by atoms with van der Waals surface area (Å²) in [6, 6.07) is 14.4. The van der Waals surface area contributed by atoms with Crippen molar-refractivity contribution in [2.75, 3.05) is 56.8 Å². The number of hydrogen-bond acceptors (Lipinski definition) is 9. The van der Waals surface area contributed by atoms with E-state index in [0.717, 1.165) is 11.3 Å². The molecule has 0 fully saturated rings. The lowest BCUT2D eigenvalue weighted by Crippen LogP contribution is -2.42. The number of hydrogen-bond donors (Lipinski definition) is 2. The Balaban J connectivity index is 1.61. The van der Waals surface area contributed by atoms with Crippen molar-refractivity contribution < 1.29 is 24.2 Å². The third-order valence-electron chi connectivity index (χ3n) is 5.60. The Morgan fingerprint density at radius 2 is 2.09 bits per heavy atom. The average Bonchev–Trinajstić information content (AvgIpc) is 2.91. The van der Waals surface area contributed by atoms with E-state index < -0.39 is 5.97 Å². The van der Waals surface area contributed by atoms with Gasteiger partial charge in [-0.3, -0.25) is 4.79 Å². The molecule has 182 valence electrons. The number of amides is 1. The lowest BCUT2D eigenvalue weighted by atomic mass is 10.1. The first-order valence-corrected chi connectivity index (χ1v) is 11.2. The van der Waals surface area contributed by atoms with Crippen LogP contribution in [0.25, 0.3) is 11.3 Å². The van der Waals surface area contributed by atoms with Gasteiger partial charge in [-0.25, -0.2) is 14.8 Å². The predicted octanol–water partition coefficient (Wildman–Crippen LogP) is 2.01. The Labute approximate surface area is 203 Å². The van der Waals surface area contributed by atoms with Crippen molar-refractivity contribution in [1.82, 2.24) is 15.3 Å². The van der Waals surface area contributed by atoms with Crippen LogP contribution in [0.4, 0.5) is 17.3 Å². The van der Waals surface area contributed by atoms with Gasteiger partial charge < -0.3 is 29.7 Å². The van der Waals surface area contributed by atoms with Crippen LogP contribution in [0.5, 0.6) is 5.75 Å². The maximum atomic E-state index is 12.5. The minimum Gasteiger partial charge on any atom is -0.482 e. The van der Waals surface area contributed by atoms with Crippen molar-refractivity contribution in [3.63, 3.8) is 0 Å². The molecule has 1 aliphatic rings. The molecule has 3 aromatic rings. The van der Waals surface area contributed by atoms with Crippen LogP contribution < -0.4 is 19.9 Å². The van der Waals surface area contributed by atoms with Crippen molar-refractivity contribution in [2.24, 2.45) is 0 Å². The Bertz CT molecular complexity index is 1220. The Hall–Kier alpha value is -4.02. The highest BCUT2D eigenvalue weighted by Gasteiger charge is 2.26. The van der Waals surface area contributed by atoms with E-state index in [4.69, 9.17) is 19.6 Å². The third-order valence-corrected chi connectivity index (χ3v) is 5.60. The van der Waals surface area contributed by atoms with Gasteiger partial charge in [-0.1, -0.05) is 6.07 Å². The van der Waals surface area contributed by atoms with Gasteiger partial charge in [0.15, 0.2) is 6.61 Å². The standard InChI is InChI=1S/C25H27N5O5/c1-29(19-5-3-4-18(14-19)24(33)34-2)25-27-9-8-20(28-25)17-6-7-22-21(15-17)30(23(32)16-35-22)12-10-26-11-13-31/h3-9,14-15,26,31H,10-13,16H2,1-2H3. The topological polar surface area (TPSA) is 117 Å². The molecule has 0 bridgehead atoms. The van der Waals surface area contributed by atoms with Crippen molar-refractivity contribution >= 4 is 29.2 Å². The molecule has 4 rings (SSSR count). The number of anilines is 3. The summed E-state index contributed by atoms with van der Waals surface area (Å²) in [6.45, 7) is 1.48. The van der Waals surface area contributed by atoms with Gasteiger partial charge in [-0.15, -0.1) is 0 Å². The summed E-state index contributed by atoms with van der Waals surface area (Å²) < 4.78 is 10.4. The first-order valence-electron chi connectivity index (χ1n) is 11.2. The largest absolute Gasteiger partial charge is 0.482 e. The van der Waals surface area contributed by atoms with E-state index in [-0.39, 0.29) is 19.1 Å². The molecular weight excluding hydrogens is 450 g/mol. The number of nitrogens with one attached hydrogen (secondary N) is 1. The number of aromatic nitrogens is 2. The van der Waals surface area contributed by atoms with Crippen LogP contribution >= 0.6 is 0 Å². The number of carbonyl (C=O) groups excluding carboxylic acids is 2. The Morgan fingerprint density at radius 1 is 1.23 bits per heavy atom. The zero-order chi connectivity index (χ0) is 24.8. The molecule has 35 heavy (non-hydrogen) atoms. The van der Waals surface area contributed by atoms with Crippen molar-refractivity contribution in [2.45, 2.75) is 0 Å². The maximum absolute atomic E-state index is 12.5. The van der Waals surface area contributed by atoms with E-state index in [1.807, 2.05) is 31.3 Å². The number of nitrogens with zero attached hydrogens (tertiary/aromatic N) is 4. The molecule has 10 nitrogen and oxygen atoms in total. The summed E-state index contributed by atoms with van der Waals surface area (Å²) in [5, 5.41) is 12.1. The maximum Gasteiger partial charge on any atom is 0.337 e. The quantitative estimate of drug-likeness (QED) is 0.352. The number of aliphatic hydroxyl groups is 1. The van der Waals surface area contributed by atoms with Gasteiger partial charge in [0.1, 0.15) is 5.75 Å². The minimum absolute atomic E-state index is 0.0144. The molecule has 0 aliphatic carbocycles. The minimum atomic E-state index is -0.420. The number of rotatable bonds is 9. The molecule has 2 N–H and O–H groups in total. The summed E-state index contributed by atoms with van der Waals surface area (Å²) in [4.78, 5) is 37.0. The molecule has 2 heterocycles. The van der Waals surface area contributed by atoms with Crippen molar-refractivity contribution in [1.29, 1.82) is 0 Å². The number of aliphatic hydroxyl groups excluding tert-OH is 1. The number of benzene rings is 2. The molecule has 0 atom stereocenters. The average molecular weight is 478 g/mol. The van der Waals surface area contributed by atoms with E-state index in [2.05, 4.69) is 10.3 Å². The van der Waals surface area contributed by atoms with Crippen LogP contribution in [0.3, 0.4) is 0 Å². The summed E-state index contributed by atoms with van der Waals surface area (Å²) in [5.74, 6) is 0.520. The van der Waals surface area contributed by atoms with Crippen LogP contribution in [-0.4, -0.2) is 74.0 Å². The second kappa shape index (κ2) is 10.9. The zero-order valence-corrected chi connectivity index (χ0v) is 19.6. The molecule has 0 saturated heterocycles. The highest BCUT2D eigenvalue weighted by molar-refractivity contribution is 5.98. The first-order chi connectivity index (χ1) is 17.0. The fraction of sp³-hybridized carbons (Fsp3) is 0.280. The summed E-state index contributed by atoms with van der Waals surface area (Å²) >= 11 is 0. The molecule has 0 saturated carbocycles. The number of fused-ring (bicyclic) bond motifs is 1. The Kier molecular flexibility index (Phi) is 7.54. The van der Waals surface area contributed by atoms with Gasteiger partial charge in [0.2, 0.25) is 5.95 Å².